The molecule has 1 N–H and O–H groups in total. The van der Waals surface area contributed by atoms with Crippen molar-refractivity contribution in [3.8, 4) is 12.3 Å². The van der Waals surface area contributed by atoms with Gasteiger partial charge in [0.25, 0.3) is 0 Å². The first kappa shape index (κ1) is 15.5. The average Bonchev–Trinajstić information content (AvgIpc) is 2.24. The van der Waals surface area contributed by atoms with E-state index in [-0.39, 0.29) is 0 Å². The van der Waals surface area contributed by atoms with Crippen molar-refractivity contribution in [3.05, 3.63) is 0 Å². The van der Waals surface area contributed by atoms with Gasteiger partial charge in [-0.05, 0) is 45.3 Å². The lowest BCUT2D eigenvalue weighted by Crippen LogP contribution is -2.34. The Hall–Kier alpha value is -0.520. The minimum absolute atomic E-state index is 0.599. The molecule has 0 aromatic carbocycles. The summed E-state index contributed by atoms with van der Waals surface area (Å²) in [6.45, 7) is 13.0. The second-order valence-electron chi connectivity index (χ2n) is 4.86. The molecule has 0 aromatic heterocycles. The minimum atomic E-state index is 0.599. The van der Waals surface area contributed by atoms with E-state index in [9.17, 15) is 0 Å². The van der Waals surface area contributed by atoms with Crippen molar-refractivity contribution in [2.45, 2.75) is 46.6 Å². The zero-order valence-electron chi connectivity index (χ0n) is 11.4. The molecule has 0 fully saturated rings. The summed E-state index contributed by atoms with van der Waals surface area (Å²) >= 11 is 0. The molecule has 0 aliphatic heterocycles. The number of terminal acetylenes is 1. The Labute approximate surface area is 102 Å². The number of nitrogens with one attached hydrogen (secondary N) is 1. The third-order valence-corrected chi connectivity index (χ3v) is 2.85. The van der Waals surface area contributed by atoms with Crippen LogP contribution >= 0.6 is 0 Å². The highest BCUT2D eigenvalue weighted by Crippen LogP contribution is 2.05. The van der Waals surface area contributed by atoms with Crippen molar-refractivity contribution < 1.29 is 0 Å². The van der Waals surface area contributed by atoms with Crippen LogP contribution < -0.4 is 5.32 Å². The lowest BCUT2D eigenvalue weighted by Gasteiger charge is -2.25. The fourth-order valence-electron chi connectivity index (χ4n) is 1.79. The predicted octanol–water partition coefficient (Wildman–Crippen LogP) is 2.36. The number of nitrogens with zero attached hydrogens (tertiary/aromatic N) is 1. The zero-order chi connectivity index (χ0) is 12.4. The maximum absolute atomic E-state index is 5.35. The van der Waals surface area contributed by atoms with Crippen LogP contribution in [-0.4, -0.2) is 37.1 Å². The van der Waals surface area contributed by atoms with Gasteiger partial charge in [0.2, 0.25) is 0 Å². The lowest BCUT2D eigenvalue weighted by molar-refractivity contribution is 0.232. The predicted molar refractivity (Wildman–Crippen MR) is 72.5 cm³/mol. The third-order valence-electron chi connectivity index (χ3n) is 2.85. The maximum atomic E-state index is 5.35. The molecule has 0 spiro atoms. The van der Waals surface area contributed by atoms with Crippen LogP contribution in [-0.2, 0) is 0 Å². The highest BCUT2D eigenvalue weighted by Gasteiger charge is 2.09. The van der Waals surface area contributed by atoms with Crippen LogP contribution in [0.5, 0.6) is 0 Å². The van der Waals surface area contributed by atoms with Crippen LogP contribution in [0.4, 0.5) is 0 Å². The molecule has 1 unspecified atom stereocenters. The van der Waals surface area contributed by atoms with Crippen molar-refractivity contribution in [1.29, 1.82) is 0 Å². The van der Waals surface area contributed by atoms with E-state index in [0.717, 1.165) is 32.1 Å². The molecule has 0 saturated carbocycles. The van der Waals surface area contributed by atoms with Crippen molar-refractivity contribution in [1.82, 2.24) is 10.2 Å². The number of rotatable bonds is 9. The number of hydrogen-bond acceptors (Lipinski definition) is 2. The summed E-state index contributed by atoms with van der Waals surface area (Å²) in [4.78, 5) is 2.35. The first-order chi connectivity index (χ1) is 7.61. The van der Waals surface area contributed by atoms with Gasteiger partial charge in [0, 0.05) is 6.04 Å². The second-order valence-corrected chi connectivity index (χ2v) is 4.86. The fraction of sp³-hybridized carbons (Fsp3) is 0.857. The highest BCUT2D eigenvalue weighted by molar-refractivity contribution is 4.89. The van der Waals surface area contributed by atoms with Gasteiger partial charge in [0.05, 0.1) is 6.54 Å². The SMILES string of the molecule is C#CCN(CC)C(C)CCCNCC(C)C. The molecule has 0 bridgehead atoms. The van der Waals surface area contributed by atoms with Gasteiger partial charge in [-0.1, -0.05) is 26.7 Å². The average molecular weight is 224 g/mol. The first-order valence-electron chi connectivity index (χ1n) is 6.50. The van der Waals surface area contributed by atoms with Gasteiger partial charge in [-0.2, -0.15) is 0 Å². The fourth-order valence-corrected chi connectivity index (χ4v) is 1.79. The molecular weight excluding hydrogens is 196 g/mol. The van der Waals surface area contributed by atoms with Gasteiger partial charge in [0.15, 0.2) is 0 Å². The molecule has 0 rings (SSSR count). The third kappa shape index (κ3) is 7.73. The Bertz CT molecular complexity index is 193. The monoisotopic (exact) mass is 224 g/mol. The zero-order valence-corrected chi connectivity index (χ0v) is 11.4. The van der Waals surface area contributed by atoms with Gasteiger partial charge in [-0.3, -0.25) is 4.90 Å². The van der Waals surface area contributed by atoms with Gasteiger partial charge in [0.1, 0.15) is 0 Å². The Kier molecular flexibility index (Phi) is 9.37. The van der Waals surface area contributed by atoms with E-state index in [1.54, 1.807) is 0 Å². The van der Waals surface area contributed by atoms with Crippen LogP contribution in [0.2, 0.25) is 0 Å². The van der Waals surface area contributed by atoms with Gasteiger partial charge in [-0.15, -0.1) is 6.42 Å². The van der Waals surface area contributed by atoms with Crippen molar-refractivity contribution in [2.24, 2.45) is 5.92 Å². The van der Waals surface area contributed by atoms with Crippen LogP contribution in [0.15, 0.2) is 0 Å². The lowest BCUT2D eigenvalue weighted by atomic mass is 10.1. The molecule has 0 aliphatic carbocycles. The van der Waals surface area contributed by atoms with Gasteiger partial charge < -0.3 is 5.32 Å². The molecule has 0 aliphatic rings. The molecule has 94 valence electrons. The molecular formula is C14H28N2. The molecule has 0 aromatic rings. The van der Waals surface area contributed by atoms with Crippen LogP contribution in [0.1, 0.15) is 40.5 Å². The van der Waals surface area contributed by atoms with Crippen LogP contribution in [0.3, 0.4) is 0 Å². The smallest absolute Gasteiger partial charge is 0.0601 e. The normalized spacial score (nSPS) is 13.1. The summed E-state index contributed by atoms with van der Waals surface area (Å²) in [5, 5.41) is 3.47. The van der Waals surface area contributed by atoms with E-state index in [2.05, 4.69) is 43.8 Å². The van der Waals surface area contributed by atoms with Crippen LogP contribution in [0, 0.1) is 18.3 Å². The summed E-state index contributed by atoms with van der Waals surface area (Å²) in [6.07, 6.45) is 7.80. The van der Waals surface area contributed by atoms with Crippen LogP contribution in [0.25, 0.3) is 0 Å². The molecule has 0 heterocycles. The Morgan fingerprint density at radius 3 is 2.50 bits per heavy atom. The summed E-state index contributed by atoms with van der Waals surface area (Å²) in [5.74, 6) is 3.47. The number of hydrogen-bond donors (Lipinski definition) is 1. The highest BCUT2D eigenvalue weighted by atomic mass is 15.1. The molecule has 0 amide bonds. The molecule has 2 nitrogen and oxygen atoms in total. The summed E-state index contributed by atoms with van der Waals surface area (Å²) < 4.78 is 0. The minimum Gasteiger partial charge on any atom is -0.316 e. The Morgan fingerprint density at radius 1 is 1.31 bits per heavy atom. The van der Waals surface area contributed by atoms with E-state index < -0.39 is 0 Å². The van der Waals surface area contributed by atoms with Gasteiger partial charge >= 0.3 is 0 Å². The quantitative estimate of drug-likeness (QED) is 0.478. The van der Waals surface area contributed by atoms with Gasteiger partial charge in [-0.25, -0.2) is 0 Å². The van der Waals surface area contributed by atoms with E-state index in [1.165, 1.54) is 12.8 Å². The standard InChI is InChI=1S/C14H28N2/c1-6-11-16(7-2)14(5)9-8-10-15-12-13(3)4/h1,13-15H,7-12H2,2-5H3. The first-order valence-corrected chi connectivity index (χ1v) is 6.50. The largest absolute Gasteiger partial charge is 0.316 e. The molecule has 2 heteroatoms. The maximum Gasteiger partial charge on any atom is 0.0601 e. The second kappa shape index (κ2) is 9.69. The van der Waals surface area contributed by atoms with Crippen molar-refractivity contribution in [3.63, 3.8) is 0 Å². The molecule has 16 heavy (non-hydrogen) atoms. The summed E-state index contributed by atoms with van der Waals surface area (Å²) in [7, 11) is 0. The van der Waals surface area contributed by atoms with E-state index in [0.29, 0.717) is 6.04 Å². The Balaban J connectivity index is 3.55. The van der Waals surface area contributed by atoms with Crippen molar-refractivity contribution in [2.75, 3.05) is 26.2 Å². The Morgan fingerprint density at radius 2 is 2.00 bits per heavy atom. The summed E-state index contributed by atoms with van der Waals surface area (Å²) in [6, 6.07) is 0.599. The van der Waals surface area contributed by atoms with E-state index in [1.807, 2.05) is 0 Å². The summed E-state index contributed by atoms with van der Waals surface area (Å²) in [5.41, 5.74) is 0. The molecule has 1 atom stereocenters. The topological polar surface area (TPSA) is 15.3 Å². The molecule has 0 saturated heterocycles. The van der Waals surface area contributed by atoms with E-state index >= 15 is 0 Å². The van der Waals surface area contributed by atoms with E-state index in [4.69, 9.17) is 6.42 Å². The molecule has 0 radical (unpaired) electrons. The van der Waals surface area contributed by atoms with Crippen molar-refractivity contribution >= 4 is 0 Å².